The summed E-state index contributed by atoms with van der Waals surface area (Å²) in [5.74, 6) is 0. The largest absolute Gasteiger partial charge is 0.394 e. The molecule has 0 spiro atoms. The van der Waals surface area contributed by atoms with Gasteiger partial charge in [-0.1, -0.05) is 19.1 Å². The number of rotatable bonds is 4. The first-order valence-electron chi connectivity index (χ1n) is 6.88. The maximum atomic E-state index is 10.1. The van der Waals surface area contributed by atoms with Gasteiger partial charge in [0, 0.05) is 18.0 Å². The van der Waals surface area contributed by atoms with Gasteiger partial charge >= 0.3 is 0 Å². The summed E-state index contributed by atoms with van der Waals surface area (Å²) in [5.41, 5.74) is 1.57. The van der Waals surface area contributed by atoms with E-state index in [9.17, 15) is 10.2 Å². The van der Waals surface area contributed by atoms with Gasteiger partial charge in [0.25, 0.3) is 0 Å². The van der Waals surface area contributed by atoms with Gasteiger partial charge in [0.2, 0.25) is 0 Å². The van der Waals surface area contributed by atoms with E-state index in [1.807, 2.05) is 13.8 Å². The number of aliphatic hydroxyl groups excluding tert-OH is 3. The van der Waals surface area contributed by atoms with Gasteiger partial charge in [-0.15, -0.1) is 0 Å². The van der Waals surface area contributed by atoms with E-state index < -0.39 is 24.5 Å². The molecule has 4 atom stereocenters. The van der Waals surface area contributed by atoms with Crippen LogP contribution in [-0.4, -0.2) is 51.0 Å². The molecule has 0 saturated carbocycles. The SMILES string of the molecule is CCC=Nc1ccn(C2OC(CO)C(O)C2O)c(=S)c1C. The summed E-state index contributed by atoms with van der Waals surface area (Å²) in [6.07, 6.45) is 0.401. The zero-order valence-corrected chi connectivity index (χ0v) is 12.8. The maximum Gasteiger partial charge on any atom is 0.163 e. The molecule has 1 aliphatic heterocycles. The summed E-state index contributed by atoms with van der Waals surface area (Å²) >= 11 is 5.39. The molecular formula is C14H20N2O4S. The highest BCUT2D eigenvalue weighted by Crippen LogP contribution is 2.31. The van der Waals surface area contributed by atoms with Gasteiger partial charge in [-0.25, -0.2) is 0 Å². The van der Waals surface area contributed by atoms with Gasteiger partial charge in [-0.05, 0) is 19.4 Å². The van der Waals surface area contributed by atoms with E-state index in [-0.39, 0.29) is 6.61 Å². The number of aliphatic hydroxyl groups is 3. The lowest BCUT2D eigenvalue weighted by molar-refractivity contribution is -0.0536. The van der Waals surface area contributed by atoms with Gasteiger partial charge in [0.15, 0.2) is 6.23 Å². The molecule has 0 amide bonds. The fourth-order valence-electron chi connectivity index (χ4n) is 2.29. The summed E-state index contributed by atoms with van der Waals surface area (Å²) < 4.78 is 7.55. The first-order chi connectivity index (χ1) is 10.0. The Bertz CT molecular complexity index is 587. The van der Waals surface area contributed by atoms with Gasteiger partial charge < -0.3 is 24.6 Å². The molecule has 21 heavy (non-hydrogen) atoms. The van der Waals surface area contributed by atoms with E-state index >= 15 is 0 Å². The van der Waals surface area contributed by atoms with E-state index in [0.717, 1.165) is 17.7 Å². The van der Waals surface area contributed by atoms with Crippen LogP contribution in [0.5, 0.6) is 0 Å². The topological polar surface area (TPSA) is 87.2 Å². The number of nitrogens with zero attached hydrogens (tertiary/aromatic N) is 2. The van der Waals surface area contributed by atoms with E-state index in [1.165, 1.54) is 0 Å². The van der Waals surface area contributed by atoms with Crippen molar-refractivity contribution in [3.05, 3.63) is 22.5 Å². The molecule has 0 bridgehead atoms. The Morgan fingerprint density at radius 1 is 1.43 bits per heavy atom. The Labute approximate surface area is 128 Å². The van der Waals surface area contributed by atoms with Crippen molar-refractivity contribution in [2.75, 3.05) is 6.61 Å². The first kappa shape index (κ1) is 16.3. The molecule has 3 N–H and O–H groups in total. The smallest absolute Gasteiger partial charge is 0.163 e. The summed E-state index contributed by atoms with van der Waals surface area (Å²) in [6.45, 7) is 3.48. The molecule has 1 aromatic heterocycles. The normalized spacial score (nSPS) is 29.4. The monoisotopic (exact) mass is 312 g/mol. The molecular weight excluding hydrogens is 292 g/mol. The van der Waals surface area contributed by atoms with Crippen LogP contribution in [0.2, 0.25) is 0 Å². The van der Waals surface area contributed by atoms with Crippen LogP contribution < -0.4 is 0 Å². The van der Waals surface area contributed by atoms with Crippen LogP contribution in [0.4, 0.5) is 5.69 Å². The van der Waals surface area contributed by atoms with Gasteiger partial charge in [-0.3, -0.25) is 4.99 Å². The van der Waals surface area contributed by atoms with Crippen molar-refractivity contribution >= 4 is 24.1 Å². The van der Waals surface area contributed by atoms with Crippen molar-refractivity contribution in [1.29, 1.82) is 0 Å². The molecule has 4 unspecified atom stereocenters. The second-order valence-electron chi connectivity index (χ2n) is 4.99. The fraction of sp³-hybridized carbons (Fsp3) is 0.571. The number of hydrogen-bond donors (Lipinski definition) is 3. The van der Waals surface area contributed by atoms with Crippen LogP contribution in [0.3, 0.4) is 0 Å². The zero-order chi connectivity index (χ0) is 15.6. The predicted octanol–water partition coefficient (Wildman–Crippen LogP) is 1.25. The molecule has 2 rings (SSSR count). The fourth-order valence-corrected chi connectivity index (χ4v) is 2.56. The summed E-state index contributed by atoms with van der Waals surface area (Å²) in [7, 11) is 0. The molecule has 2 heterocycles. The minimum atomic E-state index is -1.14. The van der Waals surface area contributed by atoms with Gasteiger partial charge in [-0.2, -0.15) is 0 Å². The van der Waals surface area contributed by atoms with Crippen LogP contribution in [0.15, 0.2) is 17.3 Å². The Morgan fingerprint density at radius 3 is 2.71 bits per heavy atom. The minimum Gasteiger partial charge on any atom is -0.394 e. The number of aliphatic imine (C=N–C) groups is 1. The van der Waals surface area contributed by atoms with Crippen molar-refractivity contribution in [1.82, 2.24) is 4.57 Å². The zero-order valence-electron chi connectivity index (χ0n) is 12.0. The van der Waals surface area contributed by atoms with Gasteiger partial charge in [0.05, 0.1) is 12.3 Å². The Morgan fingerprint density at radius 2 is 2.14 bits per heavy atom. The molecule has 0 aromatic carbocycles. The highest BCUT2D eigenvalue weighted by molar-refractivity contribution is 7.71. The predicted molar refractivity (Wildman–Crippen MR) is 81.5 cm³/mol. The minimum absolute atomic E-state index is 0.361. The Balaban J connectivity index is 2.36. The lowest BCUT2D eigenvalue weighted by Crippen LogP contribution is -2.33. The lowest BCUT2D eigenvalue weighted by atomic mass is 10.1. The van der Waals surface area contributed by atoms with Crippen LogP contribution >= 0.6 is 12.2 Å². The second kappa shape index (κ2) is 6.76. The number of hydrogen-bond acceptors (Lipinski definition) is 6. The van der Waals surface area contributed by atoms with Crippen molar-refractivity contribution < 1.29 is 20.1 Å². The standard InChI is InChI=1S/C14H20N2O4S/c1-3-5-15-9-4-6-16(14(21)8(9)2)13-12(19)11(18)10(7-17)20-13/h4-6,10-13,17-19H,3,7H2,1-2H3. The summed E-state index contributed by atoms with van der Waals surface area (Å²) in [4.78, 5) is 4.32. The third kappa shape index (κ3) is 3.07. The molecule has 1 saturated heterocycles. The molecule has 1 aliphatic rings. The summed E-state index contributed by atoms with van der Waals surface area (Å²) in [5, 5.41) is 29.0. The lowest BCUT2D eigenvalue weighted by Gasteiger charge is -2.20. The number of pyridine rings is 1. The molecule has 7 heteroatoms. The Hall–Kier alpha value is -1.12. The highest BCUT2D eigenvalue weighted by Gasteiger charge is 2.43. The van der Waals surface area contributed by atoms with Crippen LogP contribution in [0, 0.1) is 11.6 Å². The molecule has 116 valence electrons. The quantitative estimate of drug-likeness (QED) is 0.575. The Kier molecular flexibility index (Phi) is 5.23. The molecule has 0 aliphatic carbocycles. The number of ether oxygens (including phenoxy) is 1. The van der Waals surface area contributed by atoms with Crippen molar-refractivity contribution in [2.45, 2.75) is 44.8 Å². The van der Waals surface area contributed by atoms with Crippen molar-refractivity contribution in [3.8, 4) is 0 Å². The van der Waals surface area contributed by atoms with Crippen molar-refractivity contribution in [2.24, 2.45) is 4.99 Å². The third-order valence-corrected chi connectivity index (χ3v) is 4.05. The van der Waals surface area contributed by atoms with E-state index in [1.54, 1.807) is 23.0 Å². The van der Waals surface area contributed by atoms with Crippen LogP contribution in [0.1, 0.15) is 25.1 Å². The molecule has 1 aromatic rings. The molecule has 0 radical (unpaired) electrons. The van der Waals surface area contributed by atoms with Gasteiger partial charge in [0.1, 0.15) is 23.0 Å². The second-order valence-corrected chi connectivity index (χ2v) is 5.37. The average Bonchev–Trinajstić information content (AvgIpc) is 2.77. The molecule has 1 fully saturated rings. The van der Waals surface area contributed by atoms with E-state index in [2.05, 4.69) is 4.99 Å². The van der Waals surface area contributed by atoms with E-state index in [0.29, 0.717) is 4.64 Å². The van der Waals surface area contributed by atoms with Crippen LogP contribution in [0.25, 0.3) is 0 Å². The average molecular weight is 312 g/mol. The number of aromatic nitrogens is 1. The highest BCUT2D eigenvalue weighted by atomic mass is 32.1. The summed E-state index contributed by atoms with van der Waals surface area (Å²) in [6, 6.07) is 1.78. The maximum absolute atomic E-state index is 10.1. The first-order valence-corrected chi connectivity index (χ1v) is 7.28. The van der Waals surface area contributed by atoms with Crippen LogP contribution in [-0.2, 0) is 4.74 Å². The van der Waals surface area contributed by atoms with Crippen molar-refractivity contribution in [3.63, 3.8) is 0 Å². The molecule has 6 nitrogen and oxygen atoms in total. The van der Waals surface area contributed by atoms with E-state index in [4.69, 9.17) is 22.1 Å². The third-order valence-electron chi connectivity index (χ3n) is 3.54.